The van der Waals surface area contributed by atoms with Crippen LogP contribution < -0.4 is 5.73 Å². The third-order valence-corrected chi connectivity index (χ3v) is 4.14. The van der Waals surface area contributed by atoms with Crippen molar-refractivity contribution in [3.63, 3.8) is 0 Å². The van der Waals surface area contributed by atoms with Gasteiger partial charge < -0.3 is 10.3 Å². The molecule has 0 spiro atoms. The summed E-state index contributed by atoms with van der Waals surface area (Å²) in [6, 6.07) is 6.11. The van der Waals surface area contributed by atoms with E-state index in [2.05, 4.69) is 42.9 Å². The molecule has 5 heteroatoms. The predicted octanol–water partition coefficient (Wildman–Crippen LogP) is 3.58. The molecular formula is C13H15Br2N3. The minimum Gasteiger partial charge on any atom is -0.338 e. The van der Waals surface area contributed by atoms with Crippen molar-refractivity contribution in [3.05, 3.63) is 50.9 Å². The van der Waals surface area contributed by atoms with Gasteiger partial charge in [-0.2, -0.15) is 0 Å². The average molecular weight is 373 g/mol. The smallest absolute Gasteiger partial charge is 0.108 e. The van der Waals surface area contributed by atoms with Crippen LogP contribution in [0.5, 0.6) is 0 Å². The van der Waals surface area contributed by atoms with Gasteiger partial charge in [-0.15, -0.1) is 0 Å². The van der Waals surface area contributed by atoms with Crippen LogP contribution >= 0.6 is 31.9 Å². The molecule has 0 bridgehead atoms. The van der Waals surface area contributed by atoms with Gasteiger partial charge in [0.25, 0.3) is 0 Å². The molecule has 2 aromatic rings. The van der Waals surface area contributed by atoms with Crippen LogP contribution in [0.2, 0.25) is 0 Å². The highest BCUT2D eigenvalue weighted by atomic mass is 79.9. The number of nitrogens with two attached hydrogens (primary N) is 1. The normalized spacial score (nSPS) is 12.7. The molecule has 3 nitrogen and oxygen atoms in total. The Kier molecular flexibility index (Phi) is 4.59. The molecule has 0 aliphatic rings. The van der Waals surface area contributed by atoms with E-state index < -0.39 is 0 Å². The van der Waals surface area contributed by atoms with Gasteiger partial charge in [0.05, 0.1) is 0 Å². The summed E-state index contributed by atoms with van der Waals surface area (Å²) in [4.78, 5) is 4.31. The third kappa shape index (κ3) is 3.22. The molecule has 0 saturated heterocycles. The largest absolute Gasteiger partial charge is 0.338 e. The molecule has 1 unspecified atom stereocenters. The summed E-state index contributed by atoms with van der Waals surface area (Å²) in [5.41, 5.74) is 7.36. The summed E-state index contributed by atoms with van der Waals surface area (Å²) < 4.78 is 4.13. The van der Waals surface area contributed by atoms with Crippen molar-refractivity contribution in [1.29, 1.82) is 0 Å². The molecule has 0 saturated carbocycles. The first-order chi connectivity index (χ1) is 8.58. The monoisotopic (exact) mass is 371 g/mol. The first-order valence-electron chi connectivity index (χ1n) is 5.74. The van der Waals surface area contributed by atoms with Crippen LogP contribution in [-0.4, -0.2) is 9.55 Å². The Balaban J connectivity index is 2.03. The second kappa shape index (κ2) is 5.99. The minimum atomic E-state index is 0.0178. The zero-order valence-corrected chi connectivity index (χ0v) is 13.3. The highest BCUT2D eigenvalue weighted by Gasteiger charge is 2.11. The Hall–Kier alpha value is -0.650. The molecule has 1 aromatic carbocycles. The maximum absolute atomic E-state index is 6.23. The van der Waals surface area contributed by atoms with Gasteiger partial charge in [-0.3, -0.25) is 0 Å². The van der Waals surface area contributed by atoms with Gasteiger partial charge in [-0.1, -0.05) is 37.9 Å². The molecule has 1 aromatic heterocycles. The molecular weight excluding hydrogens is 358 g/mol. The predicted molar refractivity (Wildman–Crippen MR) is 80.3 cm³/mol. The summed E-state index contributed by atoms with van der Waals surface area (Å²) in [7, 11) is 2.00. The standard InChI is InChI=1S/C13H15Br2N3/c1-18-7-6-17-13(18)5-4-12(16)10-3-2-9(14)8-11(10)15/h2-3,6-8,12H,4-5,16H2,1H3. The summed E-state index contributed by atoms with van der Waals surface area (Å²) in [5.74, 6) is 1.07. The van der Waals surface area contributed by atoms with E-state index in [0.29, 0.717) is 0 Å². The second-order valence-electron chi connectivity index (χ2n) is 4.27. The van der Waals surface area contributed by atoms with Gasteiger partial charge in [0.15, 0.2) is 0 Å². The van der Waals surface area contributed by atoms with Crippen LogP contribution in [-0.2, 0) is 13.5 Å². The number of aryl methyl sites for hydroxylation is 2. The van der Waals surface area contributed by atoms with E-state index in [-0.39, 0.29) is 6.04 Å². The molecule has 18 heavy (non-hydrogen) atoms. The lowest BCUT2D eigenvalue weighted by molar-refractivity contribution is 0.619. The molecule has 0 fully saturated rings. The van der Waals surface area contributed by atoms with E-state index in [0.717, 1.165) is 33.2 Å². The van der Waals surface area contributed by atoms with Crippen molar-refractivity contribution in [2.45, 2.75) is 18.9 Å². The van der Waals surface area contributed by atoms with Gasteiger partial charge in [0.2, 0.25) is 0 Å². The van der Waals surface area contributed by atoms with Crippen molar-refractivity contribution < 1.29 is 0 Å². The molecule has 0 aliphatic heterocycles. The van der Waals surface area contributed by atoms with Crippen LogP contribution in [0.1, 0.15) is 23.9 Å². The fourth-order valence-electron chi connectivity index (χ4n) is 1.88. The maximum atomic E-state index is 6.23. The van der Waals surface area contributed by atoms with Crippen LogP contribution in [0.4, 0.5) is 0 Å². The number of halogens is 2. The van der Waals surface area contributed by atoms with E-state index in [4.69, 9.17) is 5.73 Å². The third-order valence-electron chi connectivity index (χ3n) is 2.96. The van der Waals surface area contributed by atoms with Crippen molar-refractivity contribution in [2.75, 3.05) is 0 Å². The van der Waals surface area contributed by atoms with Gasteiger partial charge >= 0.3 is 0 Å². The Labute approximate surface area is 124 Å². The number of aromatic nitrogens is 2. The SMILES string of the molecule is Cn1ccnc1CCC(N)c1ccc(Br)cc1Br. The number of benzene rings is 1. The van der Waals surface area contributed by atoms with Crippen LogP contribution in [0, 0.1) is 0 Å². The van der Waals surface area contributed by atoms with E-state index in [9.17, 15) is 0 Å². The highest BCUT2D eigenvalue weighted by molar-refractivity contribution is 9.11. The molecule has 0 amide bonds. The molecule has 96 valence electrons. The molecule has 0 aliphatic carbocycles. The lowest BCUT2D eigenvalue weighted by Crippen LogP contribution is -2.13. The summed E-state index contributed by atoms with van der Waals surface area (Å²) in [6.07, 6.45) is 5.53. The zero-order valence-electron chi connectivity index (χ0n) is 10.1. The van der Waals surface area contributed by atoms with Gasteiger partial charge in [0.1, 0.15) is 5.82 Å². The maximum Gasteiger partial charge on any atom is 0.108 e. The summed E-state index contributed by atoms with van der Waals surface area (Å²) in [6.45, 7) is 0. The molecule has 0 radical (unpaired) electrons. The van der Waals surface area contributed by atoms with Crippen molar-refractivity contribution in [2.24, 2.45) is 12.8 Å². The fraction of sp³-hybridized carbons (Fsp3) is 0.308. The molecule has 1 heterocycles. The topological polar surface area (TPSA) is 43.8 Å². The summed E-state index contributed by atoms with van der Waals surface area (Å²) in [5, 5.41) is 0. The van der Waals surface area contributed by atoms with E-state index in [1.165, 1.54) is 0 Å². The molecule has 2 N–H and O–H groups in total. The first-order valence-corrected chi connectivity index (χ1v) is 7.33. The lowest BCUT2D eigenvalue weighted by Gasteiger charge is -2.14. The Morgan fingerprint density at radius 2 is 2.17 bits per heavy atom. The number of hydrogen-bond donors (Lipinski definition) is 1. The minimum absolute atomic E-state index is 0.0178. The first kappa shape index (κ1) is 13.8. The lowest BCUT2D eigenvalue weighted by atomic mass is 10.0. The molecule has 1 atom stereocenters. The van der Waals surface area contributed by atoms with Gasteiger partial charge in [-0.05, 0) is 24.1 Å². The Morgan fingerprint density at radius 1 is 1.39 bits per heavy atom. The Morgan fingerprint density at radius 3 is 2.78 bits per heavy atom. The average Bonchev–Trinajstić information content (AvgIpc) is 2.72. The zero-order chi connectivity index (χ0) is 13.1. The summed E-state index contributed by atoms with van der Waals surface area (Å²) >= 11 is 6.99. The van der Waals surface area contributed by atoms with E-state index in [1.54, 1.807) is 0 Å². The van der Waals surface area contributed by atoms with Crippen molar-refractivity contribution in [3.8, 4) is 0 Å². The van der Waals surface area contributed by atoms with E-state index >= 15 is 0 Å². The Bertz CT molecular complexity index is 537. The van der Waals surface area contributed by atoms with Crippen molar-refractivity contribution >= 4 is 31.9 Å². The number of nitrogens with zero attached hydrogens (tertiary/aromatic N) is 2. The van der Waals surface area contributed by atoms with Gasteiger partial charge in [-0.25, -0.2) is 4.98 Å². The number of imidazole rings is 1. The van der Waals surface area contributed by atoms with Crippen LogP contribution in [0.25, 0.3) is 0 Å². The quantitative estimate of drug-likeness (QED) is 0.891. The van der Waals surface area contributed by atoms with Crippen LogP contribution in [0.15, 0.2) is 39.5 Å². The fourth-order valence-corrected chi connectivity index (χ4v) is 3.22. The van der Waals surface area contributed by atoms with Crippen LogP contribution in [0.3, 0.4) is 0 Å². The number of hydrogen-bond acceptors (Lipinski definition) is 2. The molecule has 2 rings (SSSR count). The second-order valence-corrected chi connectivity index (χ2v) is 6.04. The van der Waals surface area contributed by atoms with Gasteiger partial charge in [0, 0.05) is 40.8 Å². The highest BCUT2D eigenvalue weighted by Crippen LogP contribution is 2.27. The van der Waals surface area contributed by atoms with E-state index in [1.807, 2.05) is 36.1 Å². The number of rotatable bonds is 4. The van der Waals surface area contributed by atoms with Crippen molar-refractivity contribution in [1.82, 2.24) is 9.55 Å².